The summed E-state index contributed by atoms with van der Waals surface area (Å²) in [5.41, 5.74) is 9.54. The lowest BCUT2D eigenvalue weighted by Crippen LogP contribution is -1.99. The van der Waals surface area contributed by atoms with E-state index in [1.165, 1.54) is 22.9 Å². The molecule has 0 spiro atoms. The van der Waals surface area contributed by atoms with Crippen LogP contribution in [0.3, 0.4) is 0 Å². The molecular weight excluding hydrogens is 196 g/mol. The molecule has 88 valence electrons. The molecular formula is C14H22N2. The summed E-state index contributed by atoms with van der Waals surface area (Å²) in [7, 11) is 0. The predicted octanol–water partition coefficient (Wildman–Crippen LogP) is 3.41. The highest BCUT2D eigenvalue weighted by atomic mass is 14.6. The summed E-state index contributed by atoms with van der Waals surface area (Å²) in [6, 6.07) is 6.47. The molecule has 1 rings (SSSR count). The van der Waals surface area contributed by atoms with Crippen molar-refractivity contribution in [1.82, 2.24) is 0 Å². The number of rotatable bonds is 3. The Morgan fingerprint density at radius 3 is 2.31 bits per heavy atom. The van der Waals surface area contributed by atoms with Crippen molar-refractivity contribution in [3.8, 4) is 0 Å². The lowest BCUT2D eigenvalue weighted by atomic mass is 9.96. The average molecular weight is 218 g/mol. The van der Waals surface area contributed by atoms with Gasteiger partial charge in [-0.3, -0.25) is 4.99 Å². The molecule has 0 heterocycles. The third-order valence-corrected chi connectivity index (χ3v) is 2.32. The van der Waals surface area contributed by atoms with Crippen LogP contribution >= 0.6 is 0 Å². The number of nitrogens with zero attached hydrogens (tertiary/aromatic N) is 1. The molecule has 1 aromatic rings. The third kappa shape index (κ3) is 4.89. The van der Waals surface area contributed by atoms with Gasteiger partial charge in [0.2, 0.25) is 0 Å². The smallest absolute Gasteiger partial charge is 0.0188 e. The van der Waals surface area contributed by atoms with Gasteiger partial charge in [0, 0.05) is 12.7 Å². The van der Waals surface area contributed by atoms with Gasteiger partial charge in [0.15, 0.2) is 0 Å². The van der Waals surface area contributed by atoms with Gasteiger partial charge in [0.05, 0.1) is 0 Å². The van der Waals surface area contributed by atoms with Gasteiger partial charge in [0.25, 0.3) is 0 Å². The molecule has 2 heteroatoms. The average Bonchev–Trinajstić information content (AvgIpc) is 2.28. The second-order valence-corrected chi connectivity index (χ2v) is 3.91. The molecule has 0 amide bonds. The first-order valence-corrected chi connectivity index (χ1v) is 5.43. The zero-order valence-corrected chi connectivity index (χ0v) is 10.5. The highest BCUT2D eigenvalue weighted by molar-refractivity contribution is 5.32. The van der Waals surface area contributed by atoms with E-state index in [0.717, 1.165) is 0 Å². The quantitative estimate of drug-likeness (QED) is 0.776. The lowest BCUT2D eigenvalue weighted by molar-refractivity contribution is 0.853. The van der Waals surface area contributed by atoms with Crippen LogP contribution in [0.2, 0.25) is 0 Å². The maximum atomic E-state index is 5.54. The van der Waals surface area contributed by atoms with Crippen LogP contribution in [0.1, 0.15) is 36.5 Å². The Labute approximate surface area is 98.9 Å². The molecule has 2 nitrogen and oxygen atoms in total. The minimum absolute atomic E-state index is 0.608. The first-order valence-electron chi connectivity index (χ1n) is 5.43. The van der Waals surface area contributed by atoms with Gasteiger partial charge >= 0.3 is 0 Å². The van der Waals surface area contributed by atoms with E-state index in [0.29, 0.717) is 12.5 Å². The fourth-order valence-corrected chi connectivity index (χ4v) is 1.51. The summed E-state index contributed by atoms with van der Waals surface area (Å²) >= 11 is 0. The second-order valence-electron chi connectivity index (χ2n) is 3.91. The van der Waals surface area contributed by atoms with Crippen molar-refractivity contribution in [3.63, 3.8) is 0 Å². The fraction of sp³-hybridized carbons (Fsp3) is 0.357. The Balaban J connectivity index is 0.000000487. The van der Waals surface area contributed by atoms with E-state index in [1.807, 2.05) is 0 Å². The molecule has 16 heavy (non-hydrogen) atoms. The van der Waals surface area contributed by atoms with Gasteiger partial charge in [0.1, 0.15) is 0 Å². The monoisotopic (exact) mass is 218 g/mol. The summed E-state index contributed by atoms with van der Waals surface area (Å²) in [5.74, 6) is 0.608. The third-order valence-electron chi connectivity index (χ3n) is 2.32. The van der Waals surface area contributed by atoms with Crippen LogP contribution in [-0.2, 0) is 6.54 Å². The van der Waals surface area contributed by atoms with Crippen molar-refractivity contribution in [3.05, 3.63) is 47.7 Å². The Kier molecular flexibility index (Phi) is 7.14. The van der Waals surface area contributed by atoms with Gasteiger partial charge in [-0.15, -0.1) is 0 Å². The highest BCUT2D eigenvalue weighted by Crippen LogP contribution is 2.19. The molecule has 0 radical (unpaired) electrons. The van der Waals surface area contributed by atoms with Crippen molar-refractivity contribution >= 4 is 6.72 Å². The maximum Gasteiger partial charge on any atom is 0.0188 e. The number of hydrogen-bond acceptors (Lipinski definition) is 2. The topological polar surface area (TPSA) is 38.4 Å². The van der Waals surface area contributed by atoms with Crippen LogP contribution in [0.5, 0.6) is 0 Å². The zero-order chi connectivity index (χ0) is 12.6. The van der Waals surface area contributed by atoms with Crippen LogP contribution in [0, 0.1) is 6.92 Å². The molecule has 0 atom stereocenters. The van der Waals surface area contributed by atoms with E-state index in [9.17, 15) is 0 Å². The van der Waals surface area contributed by atoms with Crippen LogP contribution in [0.4, 0.5) is 0 Å². The van der Waals surface area contributed by atoms with E-state index in [-0.39, 0.29) is 0 Å². The normalized spacial score (nSPS) is 9.31. The van der Waals surface area contributed by atoms with Crippen molar-refractivity contribution in [1.29, 1.82) is 0 Å². The van der Waals surface area contributed by atoms with E-state index < -0.39 is 0 Å². The Bertz CT molecular complexity index is 335. The van der Waals surface area contributed by atoms with Crippen LogP contribution in [-0.4, -0.2) is 6.72 Å². The summed E-state index contributed by atoms with van der Waals surface area (Å²) < 4.78 is 0. The lowest BCUT2D eigenvalue weighted by Gasteiger charge is -2.10. The van der Waals surface area contributed by atoms with Gasteiger partial charge < -0.3 is 5.73 Å². The van der Waals surface area contributed by atoms with E-state index >= 15 is 0 Å². The Morgan fingerprint density at radius 1 is 1.44 bits per heavy atom. The van der Waals surface area contributed by atoms with Crippen molar-refractivity contribution < 1.29 is 0 Å². The molecule has 0 aromatic heterocycles. The SMILES string of the molecule is C=CN=C.Cc1cc(CN)ccc1C(C)C. The van der Waals surface area contributed by atoms with E-state index in [2.05, 4.69) is 57.3 Å². The summed E-state index contributed by atoms with van der Waals surface area (Å²) in [6.45, 7) is 13.6. The summed E-state index contributed by atoms with van der Waals surface area (Å²) in [5, 5.41) is 0. The molecule has 1 aromatic carbocycles. The summed E-state index contributed by atoms with van der Waals surface area (Å²) in [6.07, 6.45) is 1.39. The second kappa shape index (κ2) is 7.83. The van der Waals surface area contributed by atoms with Gasteiger partial charge in [-0.05, 0) is 36.2 Å². The van der Waals surface area contributed by atoms with Crippen molar-refractivity contribution in [2.75, 3.05) is 0 Å². The van der Waals surface area contributed by atoms with Gasteiger partial charge in [-0.25, -0.2) is 0 Å². The number of aryl methyl sites for hydroxylation is 1. The van der Waals surface area contributed by atoms with Crippen LogP contribution < -0.4 is 5.73 Å². The summed E-state index contributed by atoms with van der Waals surface area (Å²) in [4.78, 5) is 3.25. The number of nitrogens with two attached hydrogens (primary N) is 1. The predicted molar refractivity (Wildman–Crippen MR) is 72.9 cm³/mol. The van der Waals surface area contributed by atoms with Crippen molar-refractivity contribution in [2.45, 2.75) is 33.2 Å². The van der Waals surface area contributed by atoms with E-state index in [1.54, 1.807) is 0 Å². The molecule has 0 aliphatic carbocycles. The molecule has 0 saturated carbocycles. The minimum Gasteiger partial charge on any atom is -0.326 e. The zero-order valence-electron chi connectivity index (χ0n) is 10.5. The Morgan fingerprint density at radius 2 is 2.00 bits per heavy atom. The number of hydrogen-bond donors (Lipinski definition) is 1. The maximum absolute atomic E-state index is 5.54. The van der Waals surface area contributed by atoms with Gasteiger partial charge in [-0.1, -0.05) is 38.6 Å². The number of aliphatic imine (C=N–C) groups is 1. The van der Waals surface area contributed by atoms with Crippen molar-refractivity contribution in [2.24, 2.45) is 10.7 Å². The molecule has 0 saturated heterocycles. The largest absolute Gasteiger partial charge is 0.326 e. The number of benzene rings is 1. The fourth-order valence-electron chi connectivity index (χ4n) is 1.51. The molecule has 0 fully saturated rings. The molecule has 0 bridgehead atoms. The van der Waals surface area contributed by atoms with Crippen LogP contribution in [0.25, 0.3) is 0 Å². The molecule has 0 unspecified atom stereocenters. The Hall–Kier alpha value is -1.41. The first-order chi connectivity index (χ1) is 7.56. The molecule has 0 aliphatic rings. The van der Waals surface area contributed by atoms with Crippen LogP contribution in [0.15, 0.2) is 36.0 Å². The minimum atomic E-state index is 0.608. The first kappa shape index (κ1) is 14.6. The standard InChI is InChI=1S/C11H17N.C3H5N/c1-8(2)11-5-4-10(7-12)6-9(11)3;1-3-4-2/h4-6,8H,7,12H2,1-3H3;3H,1-2H2. The van der Waals surface area contributed by atoms with Gasteiger partial charge in [-0.2, -0.15) is 0 Å². The highest BCUT2D eigenvalue weighted by Gasteiger charge is 2.02. The molecule has 0 aliphatic heterocycles. The molecule has 2 N–H and O–H groups in total. The van der Waals surface area contributed by atoms with E-state index in [4.69, 9.17) is 5.73 Å².